The third kappa shape index (κ3) is 1.12. The van der Waals surface area contributed by atoms with E-state index in [1.165, 1.54) is 11.6 Å². The lowest BCUT2D eigenvalue weighted by molar-refractivity contribution is -0.144. The van der Waals surface area contributed by atoms with E-state index in [0.29, 0.717) is 0 Å². The topological polar surface area (TPSA) is 32.7 Å². The Morgan fingerprint density at radius 1 is 1.43 bits per heavy atom. The minimum Gasteiger partial charge on any atom is -0.486 e. The van der Waals surface area contributed by atoms with Crippen LogP contribution >= 0.6 is 0 Å². The number of ether oxygens (including phenoxy) is 1. The van der Waals surface area contributed by atoms with E-state index < -0.39 is 23.3 Å². The molecule has 1 saturated heterocycles. The molecule has 2 aliphatic heterocycles. The number of alkyl halides is 1. The number of likely N-dealkylation sites (tertiary alicyclic amines) is 1. The summed E-state index contributed by atoms with van der Waals surface area (Å²) in [5.41, 5.74) is 0.614. The van der Waals surface area contributed by atoms with Crippen molar-refractivity contribution in [2.75, 3.05) is 13.6 Å². The SMILES string of the molecule is CN1CCC23c4c5cccc4O[C@H]2[C@H](F)C=CC3(O)C1C5. The number of aliphatic hydroxyl groups is 1. The van der Waals surface area contributed by atoms with Crippen molar-refractivity contribution in [3.05, 3.63) is 41.5 Å². The molecule has 0 radical (unpaired) electrons. The molecule has 4 heteroatoms. The molecule has 2 bridgehead atoms. The molecule has 5 rings (SSSR count). The predicted molar refractivity (Wildman–Crippen MR) is 76.3 cm³/mol. The minimum absolute atomic E-state index is 0.0121. The van der Waals surface area contributed by atoms with Gasteiger partial charge < -0.3 is 9.84 Å². The van der Waals surface area contributed by atoms with Crippen LogP contribution in [0.25, 0.3) is 0 Å². The summed E-state index contributed by atoms with van der Waals surface area (Å²) in [5.74, 6) is 0.769. The molecular formula is C17H18FNO2. The molecule has 2 aliphatic carbocycles. The molecule has 110 valence electrons. The lowest BCUT2D eigenvalue weighted by Gasteiger charge is -2.60. The van der Waals surface area contributed by atoms with Crippen molar-refractivity contribution in [2.45, 2.75) is 42.2 Å². The van der Waals surface area contributed by atoms with Gasteiger partial charge in [-0.05, 0) is 44.1 Å². The van der Waals surface area contributed by atoms with Gasteiger partial charge in [-0.25, -0.2) is 4.39 Å². The number of nitrogens with zero attached hydrogens (tertiary/aromatic N) is 1. The summed E-state index contributed by atoms with van der Waals surface area (Å²) in [6.07, 6.45) is 2.97. The molecule has 2 heterocycles. The molecule has 4 aliphatic rings. The maximum absolute atomic E-state index is 14.5. The summed E-state index contributed by atoms with van der Waals surface area (Å²) in [6.45, 7) is 0.862. The fourth-order valence-electron chi connectivity index (χ4n) is 5.22. The molecule has 3 unspecified atom stereocenters. The molecule has 1 aromatic rings. The van der Waals surface area contributed by atoms with Crippen LogP contribution in [0.2, 0.25) is 0 Å². The van der Waals surface area contributed by atoms with E-state index in [1.54, 1.807) is 6.08 Å². The Labute approximate surface area is 123 Å². The fourth-order valence-corrected chi connectivity index (χ4v) is 5.22. The van der Waals surface area contributed by atoms with Gasteiger partial charge in [0.05, 0.1) is 5.41 Å². The standard InChI is InChI=1S/C17H18FNO2/c1-19-8-7-16-14-10-3-2-4-12(14)21-15(16)11(18)5-6-17(16,20)13(19)9-10/h2-6,11,13,15,20H,7-9H2,1H3/t11-,13?,15+,16?,17?/m1/s1. The molecule has 21 heavy (non-hydrogen) atoms. The van der Waals surface area contributed by atoms with Gasteiger partial charge in [0, 0.05) is 11.6 Å². The van der Waals surface area contributed by atoms with Gasteiger partial charge in [0.15, 0.2) is 6.17 Å². The first-order valence-corrected chi connectivity index (χ1v) is 7.63. The highest BCUT2D eigenvalue weighted by Gasteiger charge is 2.71. The highest BCUT2D eigenvalue weighted by Crippen LogP contribution is 2.62. The molecule has 1 N–H and O–H groups in total. The van der Waals surface area contributed by atoms with E-state index in [9.17, 15) is 9.50 Å². The summed E-state index contributed by atoms with van der Waals surface area (Å²) in [5, 5.41) is 11.5. The number of rotatable bonds is 0. The van der Waals surface area contributed by atoms with Crippen LogP contribution < -0.4 is 4.74 Å². The zero-order valence-corrected chi connectivity index (χ0v) is 11.9. The van der Waals surface area contributed by atoms with Crippen molar-refractivity contribution in [3.8, 4) is 5.75 Å². The largest absolute Gasteiger partial charge is 0.486 e. The van der Waals surface area contributed by atoms with E-state index in [4.69, 9.17) is 4.74 Å². The van der Waals surface area contributed by atoms with Gasteiger partial charge in [-0.1, -0.05) is 18.2 Å². The second-order valence-corrected chi connectivity index (χ2v) is 6.88. The number of benzene rings is 1. The highest BCUT2D eigenvalue weighted by atomic mass is 19.1. The number of hydrogen-bond acceptors (Lipinski definition) is 3. The Kier molecular flexibility index (Phi) is 2.03. The monoisotopic (exact) mass is 287 g/mol. The summed E-state index contributed by atoms with van der Waals surface area (Å²) >= 11 is 0. The minimum atomic E-state index is -1.16. The van der Waals surface area contributed by atoms with Crippen molar-refractivity contribution in [3.63, 3.8) is 0 Å². The molecular weight excluding hydrogens is 269 g/mol. The Bertz CT molecular complexity index is 675. The zero-order valence-electron chi connectivity index (χ0n) is 11.9. The first-order chi connectivity index (χ1) is 10.1. The van der Waals surface area contributed by atoms with E-state index in [2.05, 4.69) is 11.0 Å². The maximum atomic E-state index is 14.5. The van der Waals surface area contributed by atoms with Crippen LogP contribution in [0.3, 0.4) is 0 Å². The molecule has 5 atom stereocenters. The van der Waals surface area contributed by atoms with Crippen LogP contribution in [0.4, 0.5) is 4.39 Å². The lowest BCUT2D eigenvalue weighted by atomic mass is 9.51. The van der Waals surface area contributed by atoms with E-state index >= 15 is 0 Å². The first kappa shape index (κ1) is 12.2. The third-order valence-electron chi connectivity index (χ3n) is 6.15. The summed E-state index contributed by atoms with van der Waals surface area (Å²) in [4.78, 5) is 2.21. The third-order valence-corrected chi connectivity index (χ3v) is 6.15. The molecule has 1 fully saturated rings. The number of hydrogen-bond donors (Lipinski definition) is 1. The quantitative estimate of drug-likeness (QED) is 0.736. The first-order valence-electron chi connectivity index (χ1n) is 7.63. The summed E-state index contributed by atoms with van der Waals surface area (Å²) in [7, 11) is 2.05. The van der Waals surface area contributed by atoms with Crippen LogP contribution in [-0.4, -0.2) is 47.5 Å². The maximum Gasteiger partial charge on any atom is 0.156 e. The van der Waals surface area contributed by atoms with Crippen molar-refractivity contribution in [1.82, 2.24) is 4.90 Å². The molecule has 0 saturated carbocycles. The Hall–Kier alpha value is -1.39. The Morgan fingerprint density at radius 2 is 2.29 bits per heavy atom. The van der Waals surface area contributed by atoms with Gasteiger partial charge in [-0.3, -0.25) is 4.90 Å². The molecule has 0 aromatic heterocycles. The van der Waals surface area contributed by atoms with Crippen molar-refractivity contribution in [2.24, 2.45) is 0 Å². The Balaban J connectivity index is 1.88. The highest BCUT2D eigenvalue weighted by molar-refractivity contribution is 5.59. The summed E-state index contributed by atoms with van der Waals surface area (Å²) < 4.78 is 20.5. The normalized spacial score (nSPS) is 46.1. The van der Waals surface area contributed by atoms with Gasteiger partial charge in [0.2, 0.25) is 0 Å². The average molecular weight is 287 g/mol. The van der Waals surface area contributed by atoms with Crippen LogP contribution in [0.5, 0.6) is 5.75 Å². The van der Waals surface area contributed by atoms with Crippen molar-refractivity contribution < 1.29 is 14.2 Å². The van der Waals surface area contributed by atoms with E-state index in [1.807, 2.05) is 19.2 Å². The molecule has 1 spiro atoms. The van der Waals surface area contributed by atoms with Gasteiger partial charge in [0.1, 0.15) is 17.5 Å². The van der Waals surface area contributed by atoms with E-state index in [-0.39, 0.29) is 6.04 Å². The fraction of sp³-hybridized carbons (Fsp3) is 0.529. The zero-order chi connectivity index (χ0) is 14.4. The molecule has 3 nitrogen and oxygen atoms in total. The molecule has 1 aromatic carbocycles. The van der Waals surface area contributed by atoms with Crippen molar-refractivity contribution in [1.29, 1.82) is 0 Å². The van der Waals surface area contributed by atoms with E-state index in [0.717, 1.165) is 30.7 Å². The average Bonchev–Trinajstić information content (AvgIpc) is 2.81. The molecule has 0 amide bonds. The van der Waals surface area contributed by atoms with Crippen LogP contribution in [0, 0.1) is 0 Å². The van der Waals surface area contributed by atoms with Gasteiger partial charge in [-0.15, -0.1) is 0 Å². The van der Waals surface area contributed by atoms with Crippen molar-refractivity contribution >= 4 is 0 Å². The lowest BCUT2D eigenvalue weighted by Crippen LogP contribution is -2.74. The Morgan fingerprint density at radius 3 is 3.14 bits per heavy atom. The second-order valence-electron chi connectivity index (χ2n) is 6.88. The van der Waals surface area contributed by atoms with Gasteiger partial charge in [-0.2, -0.15) is 0 Å². The predicted octanol–water partition coefficient (Wildman–Crippen LogP) is 1.58. The smallest absolute Gasteiger partial charge is 0.156 e. The number of likely N-dealkylation sites (N-methyl/N-ethyl adjacent to an activating group) is 1. The number of piperidine rings is 1. The van der Waals surface area contributed by atoms with Gasteiger partial charge >= 0.3 is 0 Å². The van der Waals surface area contributed by atoms with Crippen LogP contribution in [-0.2, 0) is 11.8 Å². The van der Waals surface area contributed by atoms with Crippen LogP contribution in [0.1, 0.15) is 17.5 Å². The van der Waals surface area contributed by atoms with Crippen LogP contribution in [0.15, 0.2) is 30.4 Å². The number of halogens is 1. The van der Waals surface area contributed by atoms with Gasteiger partial charge in [0.25, 0.3) is 0 Å². The summed E-state index contributed by atoms with van der Waals surface area (Å²) in [6, 6.07) is 5.98. The second kappa shape index (κ2) is 3.50.